The van der Waals surface area contributed by atoms with Gasteiger partial charge in [0.2, 0.25) is 5.91 Å². The molecule has 0 aromatic carbocycles. The molecular weight excluding hydrogens is 486 g/mol. The molecule has 1 heterocycles. The summed E-state index contributed by atoms with van der Waals surface area (Å²) in [6.07, 6.45) is 15.1. The van der Waals surface area contributed by atoms with Crippen molar-refractivity contribution in [1.82, 2.24) is 16.0 Å². The van der Waals surface area contributed by atoms with Crippen molar-refractivity contribution in [2.24, 2.45) is 46.3 Å². The van der Waals surface area contributed by atoms with Crippen LogP contribution in [0.2, 0.25) is 0 Å². The van der Waals surface area contributed by atoms with Crippen molar-refractivity contribution in [1.29, 1.82) is 0 Å². The second kappa shape index (κ2) is 12.7. The minimum absolute atomic E-state index is 0.171. The maximum atomic E-state index is 12.6. The first-order chi connectivity index (χ1) is 18.7. The van der Waals surface area contributed by atoms with Crippen LogP contribution in [0.3, 0.4) is 0 Å². The van der Waals surface area contributed by atoms with Crippen LogP contribution in [0, 0.1) is 46.3 Å². The van der Waals surface area contributed by atoms with Crippen LogP contribution in [0.1, 0.15) is 111 Å². The van der Waals surface area contributed by atoms with Crippen molar-refractivity contribution < 1.29 is 15.0 Å². The summed E-state index contributed by atoms with van der Waals surface area (Å²) >= 11 is 0. The fourth-order valence-corrected chi connectivity index (χ4v) is 10.7. The van der Waals surface area contributed by atoms with E-state index in [0.717, 1.165) is 57.8 Å². The molecule has 39 heavy (non-hydrogen) atoms. The van der Waals surface area contributed by atoms with Gasteiger partial charge in [-0.2, -0.15) is 0 Å². The predicted molar refractivity (Wildman–Crippen MR) is 157 cm³/mol. The molecule has 224 valence electrons. The lowest BCUT2D eigenvalue weighted by atomic mass is 9.43. The molecule has 6 nitrogen and oxygen atoms in total. The molecule has 0 bridgehead atoms. The van der Waals surface area contributed by atoms with Gasteiger partial charge in [-0.15, -0.1) is 0 Å². The van der Waals surface area contributed by atoms with Gasteiger partial charge in [0.25, 0.3) is 0 Å². The predicted octanol–water partition coefficient (Wildman–Crippen LogP) is 4.63. The fraction of sp³-hybridized carbons (Fsp3) is 0.970. The molecule has 4 aliphatic carbocycles. The Balaban J connectivity index is 1.05. The Bertz CT molecular complexity index is 818. The minimum atomic E-state index is -0.212. The Morgan fingerprint density at radius 3 is 2.56 bits per heavy atom. The zero-order valence-electron chi connectivity index (χ0n) is 25.2. The standard InChI is InChI=1S/C33H59N3O3/c1-22(8-11-30(39)36-19-18-34-16-4-6-24-7-5-17-35-24)26-9-10-27-31-28(13-15-33(26,27)3)32(2)14-12-25(37)20-23(32)21-29(31)38/h22-29,31,34-35,37-38H,4-21H2,1-3H3,(H,36,39)/t22-,23+,24?,25-,26-,27+,28+,29+,31+,32+,33-/m1/s1. The van der Waals surface area contributed by atoms with Crippen molar-refractivity contribution >= 4 is 5.91 Å². The molecule has 5 N–H and O–H groups in total. The molecule has 6 heteroatoms. The first-order valence-electron chi connectivity index (χ1n) is 16.8. The quantitative estimate of drug-likeness (QED) is 0.244. The lowest BCUT2D eigenvalue weighted by Gasteiger charge is -2.62. The van der Waals surface area contributed by atoms with Crippen LogP contribution in [0.25, 0.3) is 0 Å². The minimum Gasteiger partial charge on any atom is -0.393 e. The molecule has 1 saturated heterocycles. The smallest absolute Gasteiger partial charge is 0.220 e. The van der Waals surface area contributed by atoms with Gasteiger partial charge >= 0.3 is 0 Å². The summed E-state index contributed by atoms with van der Waals surface area (Å²) in [7, 11) is 0. The van der Waals surface area contributed by atoms with Gasteiger partial charge in [0.05, 0.1) is 12.2 Å². The third kappa shape index (κ3) is 6.24. The Labute approximate surface area is 238 Å². The van der Waals surface area contributed by atoms with Crippen LogP contribution < -0.4 is 16.0 Å². The highest BCUT2D eigenvalue weighted by Gasteiger charge is 2.62. The van der Waals surface area contributed by atoms with Gasteiger partial charge in [-0.25, -0.2) is 0 Å². The summed E-state index contributed by atoms with van der Waals surface area (Å²) in [5, 5.41) is 32.0. The molecule has 11 atom stereocenters. The second-order valence-corrected chi connectivity index (χ2v) is 15.0. The zero-order valence-corrected chi connectivity index (χ0v) is 25.2. The summed E-state index contributed by atoms with van der Waals surface area (Å²) in [4.78, 5) is 12.6. The lowest BCUT2D eigenvalue weighted by Crippen LogP contribution is -2.58. The van der Waals surface area contributed by atoms with E-state index in [9.17, 15) is 15.0 Å². The summed E-state index contributed by atoms with van der Waals surface area (Å²) < 4.78 is 0. The van der Waals surface area contributed by atoms with E-state index in [0.29, 0.717) is 41.9 Å². The molecule has 0 aromatic heterocycles. The first kappa shape index (κ1) is 29.8. The second-order valence-electron chi connectivity index (χ2n) is 15.0. The highest BCUT2D eigenvalue weighted by molar-refractivity contribution is 5.75. The van der Waals surface area contributed by atoms with Crippen molar-refractivity contribution in [3.63, 3.8) is 0 Å². The fourth-order valence-electron chi connectivity index (χ4n) is 10.7. The van der Waals surface area contributed by atoms with Crippen LogP contribution in [-0.4, -0.2) is 60.5 Å². The van der Waals surface area contributed by atoms with E-state index in [-0.39, 0.29) is 28.9 Å². The number of carbonyl (C=O) groups excluding carboxylic acids is 1. The monoisotopic (exact) mass is 545 g/mol. The lowest BCUT2D eigenvalue weighted by molar-refractivity contribution is -0.174. The number of aliphatic hydroxyl groups excluding tert-OH is 2. The molecule has 5 fully saturated rings. The Hall–Kier alpha value is -0.690. The molecule has 4 saturated carbocycles. The number of nitrogens with one attached hydrogen (secondary N) is 3. The average Bonchev–Trinajstić information content (AvgIpc) is 3.55. The van der Waals surface area contributed by atoms with E-state index in [2.05, 4.69) is 36.7 Å². The van der Waals surface area contributed by atoms with Crippen molar-refractivity contribution in [3.05, 3.63) is 0 Å². The van der Waals surface area contributed by atoms with Gasteiger partial charge in [-0.1, -0.05) is 20.8 Å². The van der Waals surface area contributed by atoms with Crippen molar-refractivity contribution in [2.75, 3.05) is 26.2 Å². The number of amides is 1. The number of hydrogen-bond donors (Lipinski definition) is 5. The molecule has 1 aliphatic heterocycles. The van der Waals surface area contributed by atoms with Crippen LogP contribution in [0.4, 0.5) is 0 Å². The highest BCUT2D eigenvalue weighted by Crippen LogP contribution is 2.68. The van der Waals surface area contributed by atoms with E-state index < -0.39 is 0 Å². The van der Waals surface area contributed by atoms with Crippen LogP contribution >= 0.6 is 0 Å². The number of rotatable bonds is 11. The Morgan fingerprint density at radius 2 is 1.77 bits per heavy atom. The third-order valence-corrected chi connectivity index (χ3v) is 12.9. The largest absolute Gasteiger partial charge is 0.393 e. The van der Waals surface area contributed by atoms with E-state index in [4.69, 9.17) is 0 Å². The topological polar surface area (TPSA) is 93.6 Å². The average molecular weight is 546 g/mol. The van der Waals surface area contributed by atoms with Crippen LogP contribution in [-0.2, 0) is 4.79 Å². The van der Waals surface area contributed by atoms with Gasteiger partial charge < -0.3 is 26.2 Å². The molecule has 5 aliphatic rings. The highest BCUT2D eigenvalue weighted by atomic mass is 16.3. The Kier molecular flexibility index (Phi) is 9.68. The van der Waals surface area contributed by atoms with Gasteiger partial charge in [0.1, 0.15) is 0 Å². The van der Waals surface area contributed by atoms with E-state index in [1.54, 1.807) is 0 Å². The third-order valence-electron chi connectivity index (χ3n) is 12.9. The van der Waals surface area contributed by atoms with E-state index >= 15 is 0 Å². The molecular formula is C33H59N3O3. The molecule has 0 aromatic rings. The van der Waals surface area contributed by atoms with Crippen LogP contribution in [0.5, 0.6) is 0 Å². The summed E-state index contributed by atoms with van der Waals surface area (Å²) in [6, 6.07) is 0.719. The molecule has 1 amide bonds. The first-order valence-corrected chi connectivity index (χ1v) is 16.8. The van der Waals surface area contributed by atoms with Gasteiger partial charge in [0.15, 0.2) is 0 Å². The van der Waals surface area contributed by atoms with E-state index in [1.165, 1.54) is 57.9 Å². The molecule has 1 unspecified atom stereocenters. The van der Waals surface area contributed by atoms with Gasteiger partial charge in [-0.05, 0) is 143 Å². The van der Waals surface area contributed by atoms with Crippen molar-refractivity contribution in [3.8, 4) is 0 Å². The maximum absolute atomic E-state index is 12.6. The van der Waals surface area contributed by atoms with Gasteiger partial charge in [-0.3, -0.25) is 4.79 Å². The number of aliphatic hydroxyl groups is 2. The Morgan fingerprint density at radius 1 is 0.974 bits per heavy atom. The zero-order chi connectivity index (χ0) is 27.6. The molecule has 0 radical (unpaired) electrons. The van der Waals surface area contributed by atoms with E-state index in [1.807, 2.05) is 0 Å². The SMILES string of the molecule is C[C@H](CCC(=O)NCCNCCCC1CCCN1)[C@H]1CC[C@H]2[C@@H]3[C@@H](O)C[C@@H]4C[C@H](O)CC[C@]4(C)[C@H]3CC[C@]12C. The summed E-state index contributed by atoms with van der Waals surface area (Å²) in [5.74, 6) is 3.49. The summed E-state index contributed by atoms with van der Waals surface area (Å²) in [6.45, 7) is 11.2. The normalized spacial score (nSPS) is 44.3. The number of hydrogen-bond acceptors (Lipinski definition) is 5. The van der Waals surface area contributed by atoms with Crippen LogP contribution in [0.15, 0.2) is 0 Å². The number of carbonyl (C=O) groups is 1. The molecule has 5 rings (SSSR count). The molecule has 0 spiro atoms. The maximum Gasteiger partial charge on any atom is 0.220 e. The van der Waals surface area contributed by atoms with Crippen molar-refractivity contribution in [2.45, 2.75) is 129 Å². The number of fused-ring (bicyclic) bond motifs is 5. The van der Waals surface area contributed by atoms with Gasteiger partial charge in [0, 0.05) is 25.6 Å². The summed E-state index contributed by atoms with van der Waals surface area (Å²) in [5.41, 5.74) is 0.571.